The Morgan fingerprint density at radius 3 is 2.90 bits per heavy atom. The summed E-state index contributed by atoms with van der Waals surface area (Å²) in [7, 11) is -3.74. The van der Waals surface area contributed by atoms with E-state index in [1.54, 1.807) is 0 Å². The van der Waals surface area contributed by atoms with Gasteiger partial charge in [-0.15, -0.1) is 0 Å². The van der Waals surface area contributed by atoms with Gasteiger partial charge >= 0.3 is 0 Å². The molecule has 0 bridgehead atoms. The van der Waals surface area contributed by atoms with Crippen molar-refractivity contribution in [1.29, 1.82) is 0 Å². The normalized spacial score (nSPS) is 19.4. The molecule has 0 aliphatic carbocycles. The standard InChI is InChI=1S/C13H19FN2O3S/c14-12-4-1-5-13(11(12)9-15)20(17,18)16-7-6-10-3-2-8-19-10/h1,4-5,10,16H,2-3,6-9,15H2. The number of hydrogen-bond acceptors (Lipinski definition) is 4. The van der Waals surface area contributed by atoms with E-state index in [0.717, 1.165) is 19.4 Å². The van der Waals surface area contributed by atoms with Gasteiger partial charge in [-0.1, -0.05) is 6.07 Å². The van der Waals surface area contributed by atoms with Crippen LogP contribution in [0.5, 0.6) is 0 Å². The summed E-state index contributed by atoms with van der Waals surface area (Å²) in [5.74, 6) is -0.602. The molecule has 3 N–H and O–H groups in total. The molecule has 1 aromatic rings. The lowest BCUT2D eigenvalue weighted by Crippen LogP contribution is -2.28. The fraction of sp³-hybridized carbons (Fsp3) is 0.538. The summed E-state index contributed by atoms with van der Waals surface area (Å²) < 4.78 is 45.8. The summed E-state index contributed by atoms with van der Waals surface area (Å²) >= 11 is 0. The number of benzene rings is 1. The predicted molar refractivity (Wildman–Crippen MR) is 73.1 cm³/mol. The molecule has 0 amide bonds. The van der Waals surface area contributed by atoms with Crippen LogP contribution in [0.15, 0.2) is 23.1 Å². The largest absolute Gasteiger partial charge is 0.378 e. The topological polar surface area (TPSA) is 81.4 Å². The minimum absolute atomic E-state index is 0.0112. The Morgan fingerprint density at radius 1 is 1.45 bits per heavy atom. The molecule has 7 heteroatoms. The molecule has 1 atom stereocenters. The molecule has 2 rings (SSSR count). The molecule has 1 unspecified atom stereocenters. The van der Waals surface area contributed by atoms with Gasteiger partial charge in [0.25, 0.3) is 0 Å². The van der Waals surface area contributed by atoms with Crippen LogP contribution in [0.1, 0.15) is 24.8 Å². The number of nitrogens with one attached hydrogen (secondary N) is 1. The van der Waals surface area contributed by atoms with Gasteiger partial charge in [0.05, 0.1) is 11.0 Å². The molecule has 5 nitrogen and oxygen atoms in total. The maximum Gasteiger partial charge on any atom is 0.240 e. The van der Waals surface area contributed by atoms with Gasteiger partial charge in [0.15, 0.2) is 0 Å². The van der Waals surface area contributed by atoms with Crippen LogP contribution in [0, 0.1) is 5.82 Å². The number of hydrogen-bond donors (Lipinski definition) is 2. The predicted octanol–water partition coefficient (Wildman–Crippen LogP) is 1.13. The Kier molecular flexibility index (Phi) is 5.09. The Morgan fingerprint density at radius 2 is 2.25 bits per heavy atom. The van der Waals surface area contributed by atoms with Crippen LogP contribution in [0.2, 0.25) is 0 Å². The van der Waals surface area contributed by atoms with E-state index < -0.39 is 15.8 Å². The molecule has 1 saturated heterocycles. The highest BCUT2D eigenvalue weighted by Gasteiger charge is 2.21. The SMILES string of the molecule is NCc1c(F)cccc1S(=O)(=O)NCCC1CCCO1. The van der Waals surface area contributed by atoms with Crippen molar-refractivity contribution < 1.29 is 17.5 Å². The minimum Gasteiger partial charge on any atom is -0.378 e. The van der Waals surface area contributed by atoms with Crippen LogP contribution in [-0.2, 0) is 21.3 Å². The number of nitrogens with two attached hydrogens (primary N) is 1. The number of rotatable bonds is 6. The fourth-order valence-electron chi connectivity index (χ4n) is 2.29. The summed E-state index contributed by atoms with van der Waals surface area (Å²) in [6, 6.07) is 3.93. The average molecular weight is 302 g/mol. The van der Waals surface area contributed by atoms with Crippen molar-refractivity contribution in [2.45, 2.75) is 36.8 Å². The van der Waals surface area contributed by atoms with Gasteiger partial charge in [0, 0.05) is 25.3 Å². The van der Waals surface area contributed by atoms with Crippen molar-refractivity contribution in [3.63, 3.8) is 0 Å². The average Bonchev–Trinajstić information content (AvgIpc) is 2.91. The molecule has 1 aliphatic rings. The van der Waals surface area contributed by atoms with Crippen molar-refractivity contribution in [3.05, 3.63) is 29.6 Å². The molecule has 0 saturated carbocycles. The van der Waals surface area contributed by atoms with Crippen molar-refractivity contribution >= 4 is 10.0 Å². The van der Waals surface area contributed by atoms with E-state index in [2.05, 4.69) is 4.72 Å². The van der Waals surface area contributed by atoms with Crippen LogP contribution in [0.4, 0.5) is 4.39 Å². The Balaban J connectivity index is 2.04. The van der Waals surface area contributed by atoms with E-state index in [4.69, 9.17) is 10.5 Å². The summed E-state index contributed by atoms with van der Waals surface area (Å²) in [5, 5.41) is 0. The minimum atomic E-state index is -3.74. The second kappa shape index (κ2) is 6.62. The van der Waals surface area contributed by atoms with Crippen LogP contribution >= 0.6 is 0 Å². The second-order valence-electron chi connectivity index (χ2n) is 4.74. The maximum absolute atomic E-state index is 13.6. The zero-order valence-corrected chi connectivity index (χ0v) is 12.0. The molecule has 1 aromatic carbocycles. The van der Waals surface area contributed by atoms with Crippen LogP contribution in [-0.4, -0.2) is 27.7 Å². The van der Waals surface area contributed by atoms with Crippen LogP contribution in [0.3, 0.4) is 0 Å². The first-order chi connectivity index (χ1) is 9.54. The van der Waals surface area contributed by atoms with Gasteiger partial charge in [0.2, 0.25) is 10.0 Å². The van der Waals surface area contributed by atoms with Gasteiger partial charge < -0.3 is 10.5 Å². The molecule has 1 heterocycles. The lowest BCUT2D eigenvalue weighted by atomic mass is 10.2. The number of ether oxygens (including phenoxy) is 1. The fourth-order valence-corrected chi connectivity index (χ4v) is 3.60. The van der Waals surface area contributed by atoms with Crippen molar-refractivity contribution in [2.75, 3.05) is 13.2 Å². The van der Waals surface area contributed by atoms with Crippen molar-refractivity contribution in [2.24, 2.45) is 5.73 Å². The number of sulfonamides is 1. The van der Waals surface area contributed by atoms with E-state index >= 15 is 0 Å². The highest BCUT2D eigenvalue weighted by Crippen LogP contribution is 2.19. The van der Waals surface area contributed by atoms with E-state index in [1.165, 1.54) is 18.2 Å². The molecular formula is C13H19FN2O3S. The summed E-state index contributed by atoms with van der Waals surface area (Å²) in [5.41, 5.74) is 5.44. The Hall–Kier alpha value is -1.02. The molecule has 0 spiro atoms. The van der Waals surface area contributed by atoms with E-state index in [1.807, 2.05) is 0 Å². The van der Waals surface area contributed by atoms with Crippen molar-refractivity contribution in [1.82, 2.24) is 4.72 Å². The van der Waals surface area contributed by atoms with Gasteiger partial charge in [-0.2, -0.15) is 0 Å². The smallest absolute Gasteiger partial charge is 0.240 e. The second-order valence-corrected chi connectivity index (χ2v) is 6.48. The summed E-state index contributed by atoms with van der Waals surface area (Å²) in [6.07, 6.45) is 2.69. The molecule has 0 aromatic heterocycles. The molecule has 1 aliphatic heterocycles. The highest BCUT2D eigenvalue weighted by molar-refractivity contribution is 7.89. The van der Waals surface area contributed by atoms with Gasteiger partial charge in [-0.05, 0) is 31.4 Å². The van der Waals surface area contributed by atoms with E-state index in [9.17, 15) is 12.8 Å². The van der Waals surface area contributed by atoms with E-state index in [0.29, 0.717) is 6.42 Å². The first kappa shape index (κ1) is 15.4. The first-order valence-electron chi connectivity index (χ1n) is 6.63. The highest BCUT2D eigenvalue weighted by atomic mass is 32.2. The summed E-state index contributed by atoms with van der Waals surface area (Å²) in [4.78, 5) is -0.0904. The van der Waals surface area contributed by atoms with Crippen molar-refractivity contribution in [3.8, 4) is 0 Å². The summed E-state index contributed by atoms with van der Waals surface area (Å²) in [6.45, 7) is 0.848. The molecule has 112 valence electrons. The quantitative estimate of drug-likeness (QED) is 0.825. The Labute approximate surface area is 118 Å². The van der Waals surface area contributed by atoms with Gasteiger partial charge in [-0.25, -0.2) is 17.5 Å². The van der Waals surface area contributed by atoms with Gasteiger partial charge in [-0.3, -0.25) is 0 Å². The maximum atomic E-state index is 13.6. The number of halogens is 1. The zero-order valence-electron chi connectivity index (χ0n) is 11.1. The van der Waals surface area contributed by atoms with E-state index in [-0.39, 0.29) is 29.7 Å². The Bertz CT molecular complexity index is 557. The third-order valence-electron chi connectivity index (χ3n) is 3.35. The zero-order chi connectivity index (χ0) is 14.6. The molecule has 20 heavy (non-hydrogen) atoms. The molecule has 0 radical (unpaired) electrons. The third kappa shape index (κ3) is 3.54. The van der Waals surface area contributed by atoms with Gasteiger partial charge in [0.1, 0.15) is 5.82 Å². The third-order valence-corrected chi connectivity index (χ3v) is 4.90. The van der Waals surface area contributed by atoms with Crippen LogP contribution in [0.25, 0.3) is 0 Å². The lowest BCUT2D eigenvalue weighted by Gasteiger charge is -2.13. The van der Waals surface area contributed by atoms with Crippen LogP contribution < -0.4 is 10.5 Å². The molecular weight excluding hydrogens is 283 g/mol. The lowest BCUT2D eigenvalue weighted by molar-refractivity contribution is 0.105. The first-order valence-corrected chi connectivity index (χ1v) is 8.11. The monoisotopic (exact) mass is 302 g/mol. The molecule has 1 fully saturated rings.